The van der Waals surface area contributed by atoms with E-state index in [0.717, 1.165) is 12.8 Å². The van der Waals surface area contributed by atoms with Crippen LogP contribution in [0, 0.1) is 0 Å². The van der Waals surface area contributed by atoms with E-state index in [1.165, 1.54) is 0 Å². The SMILES string of the molecule is CCCCOC(=O)COC(=O)c1ccccc1N. The average molecular weight is 251 g/mol. The lowest BCUT2D eigenvalue weighted by molar-refractivity contribution is -0.147. The number of ether oxygens (including phenoxy) is 2. The molecule has 0 aliphatic heterocycles. The Balaban J connectivity index is 2.38. The van der Waals surface area contributed by atoms with Crippen LogP contribution in [-0.2, 0) is 14.3 Å². The third kappa shape index (κ3) is 4.45. The number of nitrogens with two attached hydrogens (primary N) is 1. The monoisotopic (exact) mass is 251 g/mol. The van der Waals surface area contributed by atoms with Gasteiger partial charge in [0.15, 0.2) is 6.61 Å². The lowest BCUT2D eigenvalue weighted by Gasteiger charge is -2.07. The Morgan fingerprint density at radius 3 is 2.61 bits per heavy atom. The molecule has 0 spiro atoms. The Hall–Kier alpha value is -2.04. The minimum atomic E-state index is -0.624. The number of carbonyl (C=O) groups excluding carboxylic acids is 2. The van der Waals surface area contributed by atoms with E-state index in [9.17, 15) is 9.59 Å². The minimum absolute atomic E-state index is 0.249. The van der Waals surface area contributed by atoms with Crippen molar-refractivity contribution in [2.45, 2.75) is 19.8 Å². The molecule has 0 amide bonds. The van der Waals surface area contributed by atoms with Crippen LogP contribution in [-0.4, -0.2) is 25.2 Å². The molecule has 5 heteroatoms. The Morgan fingerprint density at radius 2 is 1.94 bits per heavy atom. The summed E-state index contributed by atoms with van der Waals surface area (Å²) in [6.07, 6.45) is 1.74. The summed E-state index contributed by atoms with van der Waals surface area (Å²) in [6.45, 7) is 1.95. The van der Waals surface area contributed by atoms with Crippen molar-refractivity contribution in [3.05, 3.63) is 29.8 Å². The highest BCUT2D eigenvalue weighted by Crippen LogP contribution is 2.11. The predicted molar refractivity (Wildman–Crippen MR) is 67.0 cm³/mol. The molecule has 0 radical (unpaired) electrons. The normalized spacial score (nSPS) is 9.83. The Bertz CT molecular complexity index is 417. The van der Waals surface area contributed by atoms with E-state index < -0.39 is 18.5 Å². The number of benzene rings is 1. The van der Waals surface area contributed by atoms with Crippen molar-refractivity contribution in [3.8, 4) is 0 Å². The fourth-order valence-corrected chi connectivity index (χ4v) is 1.26. The third-order valence-corrected chi connectivity index (χ3v) is 2.26. The van der Waals surface area contributed by atoms with Crippen LogP contribution in [0.5, 0.6) is 0 Å². The van der Waals surface area contributed by atoms with E-state index in [2.05, 4.69) is 0 Å². The van der Waals surface area contributed by atoms with E-state index in [1.54, 1.807) is 24.3 Å². The second-order valence-corrected chi connectivity index (χ2v) is 3.74. The molecule has 0 unspecified atom stereocenters. The van der Waals surface area contributed by atoms with Gasteiger partial charge in [0.1, 0.15) is 0 Å². The van der Waals surface area contributed by atoms with Gasteiger partial charge in [-0.15, -0.1) is 0 Å². The predicted octanol–water partition coefficient (Wildman–Crippen LogP) is 1.77. The van der Waals surface area contributed by atoms with Gasteiger partial charge in [0, 0.05) is 5.69 Å². The van der Waals surface area contributed by atoms with Gasteiger partial charge in [0.25, 0.3) is 0 Å². The molecular formula is C13H17NO4. The summed E-state index contributed by atoms with van der Waals surface area (Å²) >= 11 is 0. The van der Waals surface area contributed by atoms with Crippen molar-refractivity contribution in [1.82, 2.24) is 0 Å². The van der Waals surface area contributed by atoms with Gasteiger partial charge in [-0.3, -0.25) is 0 Å². The van der Waals surface area contributed by atoms with Gasteiger partial charge >= 0.3 is 11.9 Å². The molecule has 1 rings (SSSR count). The molecule has 1 aromatic carbocycles. The van der Waals surface area contributed by atoms with Gasteiger partial charge in [-0.2, -0.15) is 0 Å². The second-order valence-electron chi connectivity index (χ2n) is 3.74. The summed E-state index contributed by atoms with van der Waals surface area (Å²) < 4.78 is 9.66. The summed E-state index contributed by atoms with van der Waals surface area (Å²) in [5.41, 5.74) is 6.18. The molecule has 0 saturated heterocycles. The number of hydrogen-bond donors (Lipinski definition) is 1. The molecule has 5 nitrogen and oxygen atoms in total. The zero-order chi connectivity index (χ0) is 13.4. The van der Waals surface area contributed by atoms with Crippen LogP contribution in [0.4, 0.5) is 5.69 Å². The molecule has 0 bridgehead atoms. The average Bonchev–Trinajstić information content (AvgIpc) is 2.37. The first-order valence-electron chi connectivity index (χ1n) is 5.82. The summed E-state index contributed by atoms with van der Waals surface area (Å²) in [4.78, 5) is 22.8. The highest BCUT2D eigenvalue weighted by atomic mass is 16.6. The van der Waals surface area contributed by atoms with Crippen LogP contribution in [0.15, 0.2) is 24.3 Å². The summed E-state index contributed by atoms with van der Waals surface area (Å²) in [5.74, 6) is -1.17. The number of para-hydroxylation sites is 1. The second kappa shape index (κ2) is 7.32. The van der Waals surface area contributed by atoms with Crippen molar-refractivity contribution in [2.75, 3.05) is 18.9 Å². The van der Waals surface area contributed by atoms with Gasteiger partial charge < -0.3 is 15.2 Å². The topological polar surface area (TPSA) is 78.6 Å². The maximum atomic E-state index is 11.6. The third-order valence-electron chi connectivity index (χ3n) is 2.26. The zero-order valence-electron chi connectivity index (χ0n) is 10.3. The van der Waals surface area contributed by atoms with Gasteiger partial charge in [-0.25, -0.2) is 9.59 Å². The van der Waals surface area contributed by atoms with Gasteiger partial charge in [-0.1, -0.05) is 25.5 Å². The first-order chi connectivity index (χ1) is 8.65. The fraction of sp³-hybridized carbons (Fsp3) is 0.385. The summed E-state index contributed by atoms with van der Waals surface area (Å²) in [7, 11) is 0. The standard InChI is InChI=1S/C13H17NO4/c1-2-3-8-17-12(15)9-18-13(16)10-6-4-5-7-11(10)14/h4-7H,2-3,8-9,14H2,1H3. The van der Waals surface area contributed by atoms with Crippen LogP contribution in [0.25, 0.3) is 0 Å². The highest BCUT2D eigenvalue weighted by molar-refractivity contribution is 5.95. The van der Waals surface area contributed by atoms with Crippen LogP contribution < -0.4 is 5.73 Å². The van der Waals surface area contributed by atoms with E-state index in [4.69, 9.17) is 15.2 Å². The molecule has 0 aliphatic carbocycles. The highest BCUT2D eigenvalue weighted by Gasteiger charge is 2.12. The number of anilines is 1. The largest absolute Gasteiger partial charge is 0.463 e. The van der Waals surface area contributed by atoms with Crippen LogP contribution in [0.1, 0.15) is 30.1 Å². The van der Waals surface area contributed by atoms with Crippen molar-refractivity contribution >= 4 is 17.6 Å². The molecule has 0 atom stereocenters. The van der Waals surface area contributed by atoms with E-state index in [-0.39, 0.29) is 5.56 Å². The smallest absolute Gasteiger partial charge is 0.344 e. The van der Waals surface area contributed by atoms with Crippen LogP contribution in [0.3, 0.4) is 0 Å². The van der Waals surface area contributed by atoms with Crippen molar-refractivity contribution in [2.24, 2.45) is 0 Å². The first kappa shape index (κ1) is 14.0. The van der Waals surface area contributed by atoms with E-state index >= 15 is 0 Å². The van der Waals surface area contributed by atoms with Crippen molar-refractivity contribution in [3.63, 3.8) is 0 Å². The molecule has 98 valence electrons. The van der Waals surface area contributed by atoms with E-state index in [1.807, 2.05) is 6.92 Å². The molecule has 0 heterocycles. The molecule has 0 aliphatic rings. The Labute approximate surface area is 106 Å². The fourth-order valence-electron chi connectivity index (χ4n) is 1.26. The van der Waals surface area contributed by atoms with Crippen molar-refractivity contribution < 1.29 is 19.1 Å². The quantitative estimate of drug-likeness (QED) is 0.473. The molecule has 0 saturated carbocycles. The minimum Gasteiger partial charge on any atom is -0.463 e. The number of hydrogen-bond acceptors (Lipinski definition) is 5. The molecule has 2 N–H and O–H groups in total. The summed E-state index contributed by atoms with van der Waals surface area (Å²) in [6, 6.07) is 6.52. The lowest BCUT2D eigenvalue weighted by Crippen LogP contribution is -2.17. The van der Waals surface area contributed by atoms with Crippen LogP contribution in [0.2, 0.25) is 0 Å². The lowest BCUT2D eigenvalue weighted by atomic mass is 10.2. The molecule has 0 aromatic heterocycles. The van der Waals surface area contributed by atoms with Gasteiger partial charge in [0.05, 0.1) is 12.2 Å². The number of esters is 2. The first-order valence-corrected chi connectivity index (χ1v) is 5.82. The maximum absolute atomic E-state index is 11.6. The molecule has 18 heavy (non-hydrogen) atoms. The van der Waals surface area contributed by atoms with Gasteiger partial charge in [-0.05, 0) is 18.6 Å². The summed E-state index contributed by atoms with van der Waals surface area (Å²) in [5, 5.41) is 0. The molecule has 1 aromatic rings. The van der Waals surface area contributed by atoms with Gasteiger partial charge in [0.2, 0.25) is 0 Å². The van der Waals surface area contributed by atoms with E-state index in [0.29, 0.717) is 12.3 Å². The molecule has 0 fully saturated rings. The zero-order valence-corrected chi connectivity index (χ0v) is 10.3. The molecular weight excluding hydrogens is 234 g/mol. The Kier molecular flexibility index (Phi) is 5.70. The maximum Gasteiger partial charge on any atom is 0.344 e. The number of carbonyl (C=O) groups is 2. The number of nitrogen functional groups attached to an aromatic ring is 1. The van der Waals surface area contributed by atoms with Crippen molar-refractivity contribution in [1.29, 1.82) is 0 Å². The Morgan fingerprint density at radius 1 is 1.22 bits per heavy atom. The number of rotatable bonds is 6. The van der Waals surface area contributed by atoms with Crippen LogP contribution >= 0.6 is 0 Å². The number of unbranched alkanes of at least 4 members (excludes halogenated alkanes) is 1.